The molecule has 0 radical (unpaired) electrons. The summed E-state index contributed by atoms with van der Waals surface area (Å²) in [7, 11) is 0. The van der Waals surface area contributed by atoms with E-state index < -0.39 is 0 Å². The van der Waals surface area contributed by atoms with Gasteiger partial charge in [0.25, 0.3) is 0 Å². The summed E-state index contributed by atoms with van der Waals surface area (Å²) in [5.74, 6) is 0.172. The van der Waals surface area contributed by atoms with Crippen LogP contribution in [0.25, 0.3) is 0 Å². The second kappa shape index (κ2) is 3.22. The van der Waals surface area contributed by atoms with E-state index in [1.54, 1.807) is 4.90 Å². The summed E-state index contributed by atoms with van der Waals surface area (Å²) in [4.78, 5) is 12.9. The Labute approximate surface area is 67.0 Å². The van der Waals surface area contributed by atoms with Gasteiger partial charge in [0.1, 0.15) is 0 Å². The fourth-order valence-electron chi connectivity index (χ4n) is 1.35. The van der Waals surface area contributed by atoms with Crippen molar-refractivity contribution in [3.05, 3.63) is 0 Å². The summed E-state index contributed by atoms with van der Waals surface area (Å²) < 4.78 is 0. The monoisotopic (exact) mass is 157 g/mol. The molecule has 1 atom stereocenters. The van der Waals surface area contributed by atoms with Crippen molar-refractivity contribution in [2.75, 3.05) is 6.54 Å². The predicted molar refractivity (Wildman–Crippen MR) is 42.1 cm³/mol. The van der Waals surface area contributed by atoms with Crippen molar-refractivity contribution in [1.82, 2.24) is 4.90 Å². The molecule has 1 fully saturated rings. The number of aliphatic hydroxyl groups excluding tert-OH is 1. The third-order valence-electron chi connectivity index (χ3n) is 2.04. The molecule has 0 bridgehead atoms. The van der Waals surface area contributed by atoms with E-state index in [1.807, 2.05) is 13.8 Å². The SMILES string of the molecule is CC(C)N1C[C@H](O)CCC1=O. The molecule has 1 rings (SSSR count). The number of carbonyl (C=O) groups is 1. The number of hydrogen-bond donors (Lipinski definition) is 1. The molecule has 0 aromatic carbocycles. The van der Waals surface area contributed by atoms with Crippen molar-refractivity contribution in [2.45, 2.75) is 38.8 Å². The van der Waals surface area contributed by atoms with Crippen molar-refractivity contribution in [3.8, 4) is 0 Å². The number of hydrogen-bond acceptors (Lipinski definition) is 2. The maximum Gasteiger partial charge on any atom is 0.222 e. The highest BCUT2D eigenvalue weighted by Gasteiger charge is 2.25. The molecule has 0 saturated carbocycles. The van der Waals surface area contributed by atoms with Gasteiger partial charge in [-0.2, -0.15) is 0 Å². The summed E-state index contributed by atoms with van der Waals surface area (Å²) in [6.07, 6.45) is 0.816. The molecule has 3 nitrogen and oxygen atoms in total. The molecule has 0 unspecified atom stereocenters. The summed E-state index contributed by atoms with van der Waals surface area (Å²) in [6, 6.07) is 0.220. The average molecular weight is 157 g/mol. The largest absolute Gasteiger partial charge is 0.391 e. The average Bonchev–Trinajstić information content (AvgIpc) is 1.94. The van der Waals surface area contributed by atoms with E-state index >= 15 is 0 Å². The second-order valence-corrected chi connectivity index (χ2v) is 3.33. The van der Waals surface area contributed by atoms with Gasteiger partial charge in [0.15, 0.2) is 0 Å². The first-order chi connectivity index (χ1) is 5.11. The number of carbonyl (C=O) groups excluding carboxylic acids is 1. The maximum absolute atomic E-state index is 11.2. The molecule has 64 valence electrons. The van der Waals surface area contributed by atoms with Crippen LogP contribution in [0, 0.1) is 0 Å². The number of rotatable bonds is 1. The first kappa shape index (κ1) is 8.53. The van der Waals surface area contributed by atoms with Gasteiger partial charge in [-0.15, -0.1) is 0 Å². The van der Waals surface area contributed by atoms with Crippen molar-refractivity contribution < 1.29 is 9.90 Å². The molecule has 1 heterocycles. The van der Waals surface area contributed by atoms with E-state index in [9.17, 15) is 9.90 Å². The van der Waals surface area contributed by atoms with Crippen molar-refractivity contribution in [1.29, 1.82) is 0 Å². The number of amides is 1. The molecule has 3 heteroatoms. The topological polar surface area (TPSA) is 40.5 Å². The van der Waals surface area contributed by atoms with Gasteiger partial charge in [-0.1, -0.05) is 0 Å². The van der Waals surface area contributed by atoms with E-state index in [-0.39, 0.29) is 18.1 Å². The second-order valence-electron chi connectivity index (χ2n) is 3.33. The fraction of sp³-hybridized carbons (Fsp3) is 0.875. The van der Waals surface area contributed by atoms with Crippen LogP contribution >= 0.6 is 0 Å². The van der Waals surface area contributed by atoms with E-state index in [2.05, 4.69) is 0 Å². The predicted octanol–water partition coefficient (Wildman–Crippen LogP) is 0.378. The molecule has 0 spiro atoms. The molecule has 0 aliphatic carbocycles. The van der Waals surface area contributed by atoms with Gasteiger partial charge in [0.05, 0.1) is 6.10 Å². The summed E-state index contributed by atoms with van der Waals surface area (Å²) in [5, 5.41) is 9.25. The molecule has 1 amide bonds. The maximum atomic E-state index is 11.2. The van der Waals surface area contributed by atoms with Crippen LogP contribution in [0.4, 0.5) is 0 Å². The number of nitrogens with zero attached hydrogens (tertiary/aromatic N) is 1. The fourth-order valence-corrected chi connectivity index (χ4v) is 1.35. The molecule has 0 aromatic rings. The van der Waals surface area contributed by atoms with Crippen LogP contribution in [0.15, 0.2) is 0 Å². The molecule has 0 aromatic heterocycles. The first-order valence-corrected chi connectivity index (χ1v) is 4.09. The Morgan fingerprint density at radius 3 is 2.73 bits per heavy atom. The van der Waals surface area contributed by atoms with Crippen molar-refractivity contribution >= 4 is 5.91 Å². The van der Waals surface area contributed by atoms with Gasteiger partial charge in [-0.05, 0) is 20.3 Å². The summed E-state index contributed by atoms with van der Waals surface area (Å²) in [5.41, 5.74) is 0. The summed E-state index contributed by atoms with van der Waals surface area (Å²) in [6.45, 7) is 4.45. The Morgan fingerprint density at radius 1 is 1.64 bits per heavy atom. The van der Waals surface area contributed by atoms with Crippen molar-refractivity contribution in [3.63, 3.8) is 0 Å². The Morgan fingerprint density at radius 2 is 2.27 bits per heavy atom. The minimum absolute atomic E-state index is 0.172. The van der Waals surface area contributed by atoms with Crippen molar-refractivity contribution in [2.24, 2.45) is 0 Å². The van der Waals surface area contributed by atoms with E-state index in [0.717, 1.165) is 0 Å². The first-order valence-electron chi connectivity index (χ1n) is 4.09. The van der Waals surface area contributed by atoms with Crippen LogP contribution in [0.5, 0.6) is 0 Å². The zero-order chi connectivity index (χ0) is 8.43. The van der Waals surface area contributed by atoms with Crippen LogP contribution in [0.1, 0.15) is 26.7 Å². The number of piperidine rings is 1. The Kier molecular flexibility index (Phi) is 2.49. The highest BCUT2D eigenvalue weighted by molar-refractivity contribution is 5.77. The number of aliphatic hydroxyl groups is 1. The van der Waals surface area contributed by atoms with Crippen LogP contribution in [-0.2, 0) is 4.79 Å². The van der Waals surface area contributed by atoms with Gasteiger partial charge >= 0.3 is 0 Å². The lowest BCUT2D eigenvalue weighted by Crippen LogP contribution is -2.46. The Balaban J connectivity index is 2.54. The van der Waals surface area contributed by atoms with Gasteiger partial charge in [0, 0.05) is 19.0 Å². The minimum Gasteiger partial charge on any atom is -0.391 e. The Bertz CT molecular complexity index is 156. The highest BCUT2D eigenvalue weighted by Crippen LogP contribution is 2.13. The highest BCUT2D eigenvalue weighted by atomic mass is 16.3. The zero-order valence-corrected chi connectivity index (χ0v) is 7.08. The molecule has 11 heavy (non-hydrogen) atoms. The normalized spacial score (nSPS) is 26.4. The van der Waals surface area contributed by atoms with E-state index in [4.69, 9.17) is 0 Å². The summed E-state index contributed by atoms with van der Waals surface area (Å²) >= 11 is 0. The lowest BCUT2D eigenvalue weighted by molar-refractivity contribution is -0.138. The van der Waals surface area contributed by atoms with Crippen LogP contribution in [0.3, 0.4) is 0 Å². The molecular formula is C8H15NO2. The van der Waals surface area contributed by atoms with Gasteiger partial charge in [-0.25, -0.2) is 0 Å². The number of likely N-dealkylation sites (tertiary alicyclic amines) is 1. The van der Waals surface area contributed by atoms with Gasteiger partial charge < -0.3 is 10.0 Å². The molecule has 1 aliphatic heterocycles. The minimum atomic E-state index is -0.310. The third-order valence-corrected chi connectivity index (χ3v) is 2.04. The lowest BCUT2D eigenvalue weighted by Gasteiger charge is -2.33. The van der Waals surface area contributed by atoms with E-state index in [0.29, 0.717) is 19.4 Å². The molecular weight excluding hydrogens is 142 g/mol. The third kappa shape index (κ3) is 1.93. The van der Waals surface area contributed by atoms with Crippen LogP contribution in [-0.4, -0.2) is 34.6 Å². The van der Waals surface area contributed by atoms with E-state index in [1.165, 1.54) is 0 Å². The van der Waals surface area contributed by atoms with Crippen LogP contribution in [0.2, 0.25) is 0 Å². The van der Waals surface area contributed by atoms with Crippen LogP contribution < -0.4 is 0 Å². The standard InChI is InChI=1S/C8H15NO2/c1-6(2)9-5-7(10)3-4-8(9)11/h6-7,10H,3-5H2,1-2H3/t7-/m1/s1. The number of β-amino-alcohol motifs (C(OH)–C–C–N with tert-alkyl or cyclic N) is 1. The molecule has 1 aliphatic rings. The lowest BCUT2D eigenvalue weighted by atomic mass is 10.1. The van der Waals surface area contributed by atoms with Gasteiger partial charge in [0.2, 0.25) is 5.91 Å². The zero-order valence-electron chi connectivity index (χ0n) is 7.08. The smallest absolute Gasteiger partial charge is 0.222 e. The Hall–Kier alpha value is -0.570. The molecule has 1 saturated heterocycles. The van der Waals surface area contributed by atoms with Gasteiger partial charge in [-0.3, -0.25) is 4.79 Å². The molecule has 1 N–H and O–H groups in total. The quantitative estimate of drug-likeness (QED) is 0.597.